The van der Waals surface area contributed by atoms with Crippen LogP contribution in [0, 0.1) is 13.8 Å². The highest BCUT2D eigenvalue weighted by Gasteiger charge is 2.22. The minimum Gasteiger partial charge on any atom is -0.484 e. The molecule has 0 spiro atoms. The van der Waals surface area contributed by atoms with Crippen LogP contribution in [-0.4, -0.2) is 54.4 Å². The van der Waals surface area contributed by atoms with E-state index in [4.69, 9.17) is 4.74 Å². The van der Waals surface area contributed by atoms with E-state index in [1.54, 1.807) is 4.90 Å². The molecule has 0 N–H and O–H groups in total. The quantitative estimate of drug-likeness (QED) is 0.755. The number of hydrogen-bond donors (Lipinski definition) is 0. The van der Waals surface area contributed by atoms with Gasteiger partial charge in [0.25, 0.3) is 5.91 Å². The minimum absolute atomic E-state index is 0.0282. The van der Waals surface area contributed by atoms with E-state index in [-0.39, 0.29) is 18.4 Å². The van der Waals surface area contributed by atoms with Crippen LogP contribution in [0.15, 0.2) is 48.5 Å². The Bertz CT molecular complexity index is 746. The molecule has 0 atom stereocenters. The number of ether oxygens (including phenoxy) is 1. The summed E-state index contributed by atoms with van der Waals surface area (Å²) in [6.45, 7) is 6.62. The van der Waals surface area contributed by atoms with E-state index in [0.29, 0.717) is 38.3 Å². The van der Waals surface area contributed by atoms with Gasteiger partial charge in [-0.25, -0.2) is 0 Å². The molecule has 29 heavy (non-hydrogen) atoms. The zero-order valence-electron chi connectivity index (χ0n) is 17.4. The van der Waals surface area contributed by atoms with Gasteiger partial charge in [0.2, 0.25) is 5.91 Å². The van der Waals surface area contributed by atoms with E-state index < -0.39 is 0 Å². The topological polar surface area (TPSA) is 49.9 Å². The molecule has 2 aromatic carbocycles. The van der Waals surface area contributed by atoms with Crippen LogP contribution in [0.25, 0.3) is 0 Å². The van der Waals surface area contributed by atoms with Crippen molar-refractivity contribution in [1.29, 1.82) is 0 Å². The summed E-state index contributed by atoms with van der Waals surface area (Å²) in [6.07, 6.45) is 2.06. The molecule has 0 radical (unpaired) electrons. The molecule has 5 nitrogen and oxygen atoms in total. The van der Waals surface area contributed by atoms with E-state index in [2.05, 4.69) is 31.2 Å². The molecule has 5 heteroatoms. The summed E-state index contributed by atoms with van der Waals surface area (Å²) in [5.74, 6) is 0.835. The van der Waals surface area contributed by atoms with Gasteiger partial charge in [-0.3, -0.25) is 9.59 Å². The second-order valence-corrected chi connectivity index (χ2v) is 7.70. The highest BCUT2D eigenvalue weighted by atomic mass is 16.5. The molecule has 1 heterocycles. The third kappa shape index (κ3) is 6.34. The van der Waals surface area contributed by atoms with Gasteiger partial charge in [0.15, 0.2) is 6.61 Å². The Hall–Kier alpha value is -2.82. The number of carbonyl (C=O) groups is 2. The maximum absolute atomic E-state index is 12.6. The zero-order valence-corrected chi connectivity index (χ0v) is 17.4. The SMILES string of the molecule is Cc1ccc(CCC(=O)N2CCCN(C(=O)COc3ccc(C)cc3)CC2)cc1. The van der Waals surface area contributed by atoms with Gasteiger partial charge in [0, 0.05) is 32.6 Å². The first-order chi connectivity index (χ1) is 14.0. The first-order valence-corrected chi connectivity index (χ1v) is 10.3. The van der Waals surface area contributed by atoms with Crippen LogP contribution >= 0.6 is 0 Å². The number of hydrogen-bond acceptors (Lipinski definition) is 3. The van der Waals surface area contributed by atoms with Gasteiger partial charge in [0.05, 0.1) is 0 Å². The molecule has 3 rings (SSSR count). The lowest BCUT2D eigenvalue weighted by Gasteiger charge is -2.22. The Kier molecular flexibility index (Phi) is 7.28. The van der Waals surface area contributed by atoms with Crippen molar-refractivity contribution in [2.75, 3.05) is 32.8 Å². The predicted octanol–water partition coefficient (Wildman–Crippen LogP) is 3.38. The maximum atomic E-state index is 12.6. The summed E-state index contributed by atoms with van der Waals surface area (Å²) < 4.78 is 5.62. The average molecular weight is 395 g/mol. The maximum Gasteiger partial charge on any atom is 0.260 e. The van der Waals surface area contributed by atoms with E-state index >= 15 is 0 Å². The summed E-state index contributed by atoms with van der Waals surface area (Å²) in [5, 5.41) is 0. The molecule has 0 aromatic heterocycles. The van der Waals surface area contributed by atoms with Crippen molar-refractivity contribution in [3.8, 4) is 5.75 Å². The van der Waals surface area contributed by atoms with Gasteiger partial charge >= 0.3 is 0 Å². The molecule has 154 valence electrons. The fourth-order valence-corrected chi connectivity index (χ4v) is 3.45. The Morgan fingerprint density at radius 3 is 1.97 bits per heavy atom. The summed E-state index contributed by atoms with van der Waals surface area (Å²) in [6, 6.07) is 16.0. The van der Waals surface area contributed by atoms with Crippen LogP contribution in [0.3, 0.4) is 0 Å². The van der Waals surface area contributed by atoms with Gasteiger partial charge in [-0.1, -0.05) is 47.5 Å². The van der Waals surface area contributed by atoms with E-state index in [0.717, 1.165) is 18.4 Å². The summed E-state index contributed by atoms with van der Waals surface area (Å²) in [7, 11) is 0. The number of carbonyl (C=O) groups excluding carboxylic acids is 2. The highest BCUT2D eigenvalue weighted by Crippen LogP contribution is 2.13. The third-order valence-electron chi connectivity index (χ3n) is 5.33. The summed E-state index contributed by atoms with van der Waals surface area (Å²) >= 11 is 0. The highest BCUT2D eigenvalue weighted by molar-refractivity contribution is 5.79. The smallest absolute Gasteiger partial charge is 0.260 e. The van der Waals surface area contributed by atoms with Crippen molar-refractivity contribution in [2.24, 2.45) is 0 Å². The van der Waals surface area contributed by atoms with Crippen LogP contribution in [-0.2, 0) is 16.0 Å². The predicted molar refractivity (Wildman–Crippen MR) is 114 cm³/mol. The van der Waals surface area contributed by atoms with Crippen molar-refractivity contribution in [3.05, 3.63) is 65.2 Å². The van der Waals surface area contributed by atoms with Gasteiger partial charge in [0.1, 0.15) is 5.75 Å². The Labute approximate surface area is 173 Å². The molecule has 0 aliphatic carbocycles. The van der Waals surface area contributed by atoms with Crippen molar-refractivity contribution >= 4 is 11.8 Å². The van der Waals surface area contributed by atoms with E-state index in [1.807, 2.05) is 36.1 Å². The third-order valence-corrected chi connectivity index (χ3v) is 5.33. The lowest BCUT2D eigenvalue weighted by Crippen LogP contribution is -2.39. The fourth-order valence-electron chi connectivity index (χ4n) is 3.45. The molecule has 1 aliphatic rings. The zero-order chi connectivity index (χ0) is 20.6. The van der Waals surface area contributed by atoms with Gasteiger partial charge in [-0.2, -0.15) is 0 Å². The Morgan fingerprint density at radius 2 is 1.34 bits per heavy atom. The second kappa shape index (κ2) is 10.1. The summed E-state index contributed by atoms with van der Waals surface area (Å²) in [5.41, 5.74) is 3.57. The van der Waals surface area contributed by atoms with Gasteiger partial charge in [-0.05, 0) is 44.4 Å². The second-order valence-electron chi connectivity index (χ2n) is 7.70. The van der Waals surface area contributed by atoms with Crippen molar-refractivity contribution < 1.29 is 14.3 Å². The fraction of sp³-hybridized carbons (Fsp3) is 0.417. The van der Waals surface area contributed by atoms with Crippen molar-refractivity contribution in [3.63, 3.8) is 0 Å². The van der Waals surface area contributed by atoms with Crippen LogP contribution in [0.5, 0.6) is 5.75 Å². The van der Waals surface area contributed by atoms with Crippen molar-refractivity contribution in [1.82, 2.24) is 9.80 Å². The Balaban J connectivity index is 1.43. The molecule has 2 amide bonds. The lowest BCUT2D eigenvalue weighted by atomic mass is 10.1. The van der Waals surface area contributed by atoms with Crippen LogP contribution in [0.1, 0.15) is 29.5 Å². The number of nitrogens with zero attached hydrogens (tertiary/aromatic N) is 2. The van der Waals surface area contributed by atoms with Crippen LogP contribution in [0.2, 0.25) is 0 Å². The molecule has 1 saturated heterocycles. The number of aryl methyl sites for hydroxylation is 3. The van der Waals surface area contributed by atoms with E-state index in [9.17, 15) is 9.59 Å². The molecule has 2 aromatic rings. The first kappa shape index (κ1) is 20.9. The first-order valence-electron chi connectivity index (χ1n) is 10.3. The average Bonchev–Trinajstić information content (AvgIpc) is 2.99. The molecule has 0 saturated carbocycles. The van der Waals surface area contributed by atoms with Crippen LogP contribution < -0.4 is 4.74 Å². The minimum atomic E-state index is -0.0282. The number of benzene rings is 2. The molecule has 0 bridgehead atoms. The normalized spacial score (nSPS) is 14.4. The molecule has 0 unspecified atom stereocenters. The van der Waals surface area contributed by atoms with Gasteiger partial charge in [-0.15, -0.1) is 0 Å². The van der Waals surface area contributed by atoms with E-state index in [1.165, 1.54) is 11.1 Å². The monoisotopic (exact) mass is 394 g/mol. The number of amides is 2. The van der Waals surface area contributed by atoms with Gasteiger partial charge < -0.3 is 14.5 Å². The Morgan fingerprint density at radius 1 is 0.793 bits per heavy atom. The summed E-state index contributed by atoms with van der Waals surface area (Å²) in [4.78, 5) is 28.8. The largest absolute Gasteiger partial charge is 0.484 e. The molecule has 1 fully saturated rings. The standard InChI is InChI=1S/C24H30N2O3/c1-19-4-8-21(9-5-19)10-13-23(27)25-14-3-15-26(17-16-25)24(28)18-29-22-11-6-20(2)7-12-22/h4-9,11-12H,3,10,13-18H2,1-2H3. The number of rotatable bonds is 6. The molecular weight excluding hydrogens is 364 g/mol. The molecule has 1 aliphatic heterocycles. The lowest BCUT2D eigenvalue weighted by molar-refractivity contribution is -0.134. The van der Waals surface area contributed by atoms with Crippen molar-refractivity contribution in [2.45, 2.75) is 33.1 Å². The van der Waals surface area contributed by atoms with Crippen LogP contribution in [0.4, 0.5) is 0 Å². The molecular formula is C24H30N2O3.